The molecule has 0 heterocycles. The highest BCUT2D eigenvalue weighted by atomic mass is 16.5. The normalized spacial score (nSPS) is 12.6. The summed E-state index contributed by atoms with van der Waals surface area (Å²) >= 11 is 0. The second kappa shape index (κ2) is 10.8. The first-order valence-corrected chi connectivity index (χ1v) is 5.44. The molecule has 1 atom stereocenters. The molecule has 0 spiro atoms. The van der Waals surface area contributed by atoms with E-state index in [0.29, 0.717) is 26.4 Å². The summed E-state index contributed by atoms with van der Waals surface area (Å²) in [5.74, 6) is -0.976. The van der Waals surface area contributed by atoms with Gasteiger partial charge in [0.2, 0.25) is 0 Å². The maximum absolute atomic E-state index is 10.4. The van der Waals surface area contributed by atoms with Gasteiger partial charge in [-0.15, -0.1) is 0 Å². The van der Waals surface area contributed by atoms with Crippen LogP contribution in [0.3, 0.4) is 0 Å². The van der Waals surface area contributed by atoms with Gasteiger partial charge >= 0.3 is 5.97 Å². The van der Waals surface area contributed by atoms with E-state index in [0.717, 1.165) is 19.4 Å². The number of carboxylic acids is 1. The predicted octanol–water partition coefficient (Wildman–Crippen LogP) is -0.569. The minimum Gasteiger partial charge on any atom is -0.480 e. The molecule has 16 heavy (non-hydrogen) atoms. The lowest BCUT2D eigenvalue weighted by Crippen LogP contribution is -2.40. The molecule has 0 aliphatic rings. The molecule has 96 valence electrons. The van der Waals surface area contributed by atoms with Gasteiger partial charge in [0.1, 0.15) is 6.04 Å². The van der Waals surface area contributed by atoms with Crippen LogP contribution in [-0.4, -0.2) is 57.1 Å². The summed E-state index contributed by atoms with van der Waals surface area (Å²) in [6.07, 6.45) is 1.89. The van der Waals surface area contributed by atoms with Crippen LogP contribution in [0.15, 0.2) is 0 Å². The maximum atomic E-state index is 10.4. The first-order chi connectivity index (χ1) is 7.68. The number of carbonyl (C=O) groups is 1. The Bertz CT molecular complexity index is 178. The predicted molar refractivity (Wildman–Crippen MR) is 60.4 cm³/mol. The Morgan fingerprint density at radius 3 is 2.75 bits per heavy atom. The lowest BCUT2D eigenvalue weighted by Gasteiger charge is -2.08. The highest BCUT2D eigenvalue weighted by Crippen LogP contribution is 1.89. The van der Waals surface area contributed by atoms with Crippen molar-refractivity contribution in [2.45, 2.75) is 18.9 Å². The van der Waals surface area contributed by atoms with Gasteiger partial charge in [-0.3, -0.25) is 4.79 Å². The van der Waals surface area contributed by atoms with Crippen LogP contribution < -0.4 is 11.1 Å². The van der Waals surface area contributed by atoms with E-state index in [4.69, 9.17) is 20.3 Å². The zero-order valence-corrected chi connectivity index (χ0v) is 9.78. The lowest BCUT2D eigenvalue weighted by molar-refractivity contribution is -0.138. The van der Waals surface area contributed by atoms with E-state index >= 15 is 0 Å². The number of nitrogens with one attached hydrogen (secondary N) is 1. The molecule has 0 radical (unpaired) electrons. The molecule has 6 nitrogen and oxygen atoms in total. The molecule has 0 aromatic rings. The minimum atomic E-state index is -0.976. The van der Waals surface area contributed by atoms with Gasteiger partial charge in [-0.05, 0) is 19.4 Å². The summed E-state index contributed by atoms with van der Waals surface area (Å²) in [6, 6.07) is -0.821. The standard InChI is InChI=1S/C10H22N2O4/c1-15-6-7-16-5-3-2-4-12-8-9(11)10(13)14/h9,12H,2-8,11H2,1H3,(H,13,14). The molecular weight excluding hydrogens is 212 g/mol. The van der Waals surface area contributed by atoms with Crippen LogP contribution in [0, 0.1) is 0 Å². The van der Waals surface area contributed by atoms with Gasteiger partial charge in [-0.1, -0.05) is 0 Å². The van der Waals surface area contributed by atoms with Crippen LogP contribution in [0.1, 0.15) is 12.8 Å². The number of unbranched alkanes of at least 4 members (excludes halogenated alkanes) is 1. The fraction of sp³-hybridized carbons (Fsp3) is 0.900. The summed E-state index contributed by atoms with van der Waals surface area (Å²) in [7, 11) is 1.64. The van der Waals surface area contributed by atoms with Crippen LogP contribution in [0.2, 0.25) is 0 Å². The lowest BCUT2D eigenvalue weighted by atomic mass is 10.3. The molecule has 0 aliphatic carbocycles. The average Bonchev–Trinajstić information content (AvgIpc) is 2.26. The van der Waals surface area contributed by atoms with Crippen LogP contribution >= 0.6 is 0 Å². The summed E-state index contributed by atoms with van der Waals surface area (Å²) in [5, 5.41) is 11.5. The van der Waals surface area contributed by atoms with Crippen molar-refractivity contribution in [3.05, 3.63) is 0 Å². The first kappa shape index (κ1) is 15.3. The molecule has 0 saturated carbocycles. The van der Waals surface area contributed by atoms with Crippen molar-refractivity contribution < 1.29 is 19.4 Å². The van der Waals surface area contributed by atoms with Crippen LogP contribution in [0.25, 0.3) is 0 Å². The molecule has 0 aliphatic heterocycles. The largest absolute Gasteiger partial charge is 0.480 e. The Morgan fingerprint density at radius 1 is 1.38 bits per heavy atom. The third-order valence-corrected chi connectivity index (χ3v) is 2.01. The first-order valence-electron chi connectivity index (χ1n) is 5.44. The Hall–Kier alpha value is -0.690. The van der Waals surface area contributed by atoms with Crippen LogP contribution in [0.5, 0.6) is 0 Å². The highest BCUT2D eigenvalue weighted by Gasteiger charge is 2.09. The molecule has 0 amide bonds. The van der Waals surface area contributed by atoms with Crippen molar-refractivity contribution >= 4 is 5.97 Å². The van der Waals surface area contributed by atoms with E-state index in [9.17, 15) is 4.79 Å². The number of hydrogen-bond donors (Lipinski definition) is 3. The van der Waals surface area contributed by atoms with Crippen LogP contribution in [-0.2, 0) is 14.3 Å². The Labute approximate surface area is 96.1 Å². The molecule has 6 heteroatoms. The fourth-order valence-electron chi connectivity index (χ4n) is 1.04. The number of carboxylic acid groups (broad SMARTS) is 1. The van der Waals surface area contributed by atoms with Gasteiger partial charge in [0.05, 0.1) is 13.2 Å². The molecule has 0 aromatic heterocycles. The second-order valence-electron chi connectivity index (χ2n) is 3.46. The molecule has 4 N–H and O–H groups in total. The van der Waals surface area contributed by atoms with Gasteiger partial charge in [0.15, 0.2) is 0 Å². The molecule has 0 saturated heterocycles. The van der Waals surface area contributed by atoms with Crippen molar-refractivity contribution in [2.24, 2.45) is 5.73 Å². The van der Waals surface area contributed by atoms with Crippen molar-refractivity contribution in [1.29, 1.82) is 0 Å². The smallest absolute Gasteiger partial charge is 0.321 e. The summed E-state index contributed by atoms with van der Waals surface area (Å²) in [5.41, 5.74) is 5.31. The third-order valence-electron chi connectivity index (χ3n) is 2.01. The molecular formula is C10H22N2O4. The van der Waals surface area contributed by atoms with Gasteiger partial charge in [-0.2, -0.15) is 0 Å². The SMILES string of the molecule is COCCOCCCCNCC(N)C(=O)O. The number of ether oxygens (including phenoxy) is 2. The summed E-state index contributed by atoms with van der Waals surface area (Å²) in [4.78, 5) is 10.4. The van der Waals surface area contributed by atoms with E-state index in [1.807, 2.05) is 0 Å². The highest BCUT2D eigenvalue weighted by molar-refractivity contribution is 5.73. The number of nitrogens with two attached hydrogens (primary N) is 1. The van der Waals surface area contributed by atoms with E-state index in [1.165, 1.54) is 0 Å². The minimum absolute atomic E-state index is 0.305. The Balaban J connectivity index is 3.07. The quantitative estimate of drug-likeness (QED) is 0.415. The second-order valence-corrected chi connectivity index (χ2v) is 3.46. The zero-order valence-electron chi connectivity index (χ0n) is 9.78. The van der Waals surface area contributed by atoms with E-state index < -0.39 is 12.0 Å². The van der Waals surface area contributed by atoms with Crippen LogP contribution in [0.4, 0.5) is 0 Å². The molecule has 0 fully saturated rings. The summed E-state index contributed by atoms with van der Waals surface area (Å²) < 4.78 is 10.1. The van der Waals surface area contributed by atoms with Gasteiger partial charge in [0, 0.05) is 20.3 Å². The average molecular weight is 234 g/mol. The van der Waals surface area contributed by atoms with Crippen molar-refractivity contribution in [1.82, 2.24) is 5.32 Å². The maximum Gasteiger partial charge on any atom is 0.321 e. The number of hydrogen-bond acceptors (Lipinski definition) is 5. The fourth-order valence-corrected chi connectivity index (χ4v) is 1.04. The van der Waals surface area contributed by atoms with Gasteiger partial charge in [-0.25, -0.2) is 0 Å². The zero-order chi connectivity index (χ0) is 12.2. The third kappa shape index (κ3) is 9.85. The van der Waals surface area contributed by atoms with E-state index in [1.54, 1.807) is 7.11 Å². The molecule has 0 rings (SSSR count). The van der Waals surface area contributed by atoms with Crippen molar-refractivity contribution in [3.8, 4) is 0 Å². The van der Waals surface area contributed by atoms with Crippen molar-refractivity contribution in [3.63, 3.8) is 0 Å². The molecule has 0 aromatic carbocycles. The van der Waals surface area contributed by atoms with E-state index in [-0.39, 0.29) is 0 Å². The van der Waals surface area contributed by atoms with Crippen molar-refractivity contribution in [2.75, 3.05) is 40.0 Å². The monoisotopic (exact) mass is 234 g/mol. The van der Waals surface area contributed by atoms with Gasteiger partial charge < -0.3 is 25.6 Å². The number of aliphatic carboxylic acids is 1. The number of rotatable bonds is 11. The molecule has 1 unspecified atom stereocenters. The summed E-state index contributed by atoms with van der Waals surface area (Å²) in [6.45, 7) is 3.00. The van der Waals surface area contributed by atoms with E-state index in [2.05, 4.69) is 5.32 Å². The topological polar surface area (TPSA) is 93.8 Å². The Kier molecular flexibility index (Phi) is 10.3. The van der Waals surface area contributed by atoms with Gasteiger partial charge in [0.25, 0.3) is 0 Å². The number of methoxy groups -OCH3 is 1. The Morgan fingerprint density at radius 2 is 2.12 bits per heavy atom. The molecule has 0 bridgehead atoms.